The molecule has 2 N–H and O–H groups in total. The molecule has 0 radical (unpaired) electrons. The maximum absolute atomic E-state index is 14.1. The highest BCUT2D eigenvalue weighted by molar-refractivity contribution is 6.30. The molecule has 0 aromatic heterocycles. The van der Waals surface area contributed by atoms with Crippen LogP contribution in [-0.4, -0.2) is 38.0 Å². The summed E-state index contributed by atoms with van der Waals surface area (Å²) in [5.41, 5.74) is 0.853. The SMILES string of the molecule is COc1ccc(NC(=O)CN2C(=O)COc3ccccc32)cc1NC(=O)c1ccc(Cl)cc1F. The topological polar surface area (TPSA) is 97.0 Å². The highest BCUT2D eigenvalue weighted by atomic mass is 35.5. The molecule has 0 saturated heterocycles. The zero-order valence-corrected chi connectivity index (χ0v) is 18.7. The van der Waals surface area contributed by atoms with Crippen molar-refractivity contribution in [1.82, 2.24) is 0 Å². The molecule has 174 valence electrons. The fourth-order valence-electron chi connectivity index (χ4n) is 3.42. The van der Waals surface area contributed by atoms with E-state index < -0.39 is 17.6 Å². The van der Waals surface area contributed by atoms with Crippen molar-refractivity contribution in [3.05, 3.63) is 77.1 Å². The lowest BCUT2D eigenvalue weighted by Crippen LogP contribution is -2.43. The Bertz CT molecular complexity index is 1280. The first-order chi connectivity index (χ1) is 16.4. The van der Waals surface area contributed by atoms with Gasteiger partial charge in [-0.1, -0.05) is 23.7 Å². The number of fused-ring (bicyclic) bond motifs is 1. The third-order valence-corrected chi connectivity index (χ3v) is 5.25. The summed E-state index contributed by atoms with van der Waals surface area (Å²) in [6, 6.07) is 15.2. The molecular formula is C24H19ClFN3O5. The van der Waals surface area contributed by atoms with Crippen LogP contribution >= 0.6 is 11.6 Å². The minimum atomic E-state index is -0.774. The molecule has 1 aliphatic rings. The summed E-state index contributed by atoms with van der Waals surface area (Å²) in [6.07, 6.45) is 0. The molecule has 3 aromatic carbocycles. The predicted molar refractivity (Wildman–Crippen MR) is 125 cm³/mol. The maximum Gasteiger partial charge on any atom is 0.265 e. The number of para-hydroxylation sites is 2. The van der Waals surface area contributed by atoms with E-state index in [1.165, 1.54) is 30.2 Å². The van der Waals surface area contributed by atoms with Crippen LogP contribution in [-0.2, 0) is 9.59 Å². The Kier molecular flexibility index (Phi) is 6.65. The zero-order valence-electron chi connectivity index (χ0n) is 17.9. The van der Waals surface area contributed by atoms with Crippen molar-refractivity contribution in [3.63, 3.8) is 0 Å². The summed E-state index contributed by atoms with van der Waals surface area (Å²) in [4.78, 5) is 38.9. The number of carbonyl (C=O) groups excluding carboxylic acids is 3. The summed E-state index contributed by atoms with van der Waals surface area (Å²) in [5, 5.41) is 5.43. The average molecular weight is 484 g/mol. The van der Waals surface area contributed by atoms with Crippen molar-refractivity contribution < 1.29 is 28.2 Å². The van der Waals surface area contributed by atoms with Crippen molar-refractivity contribution in [2.45, 2.75) is 0 Å². The van der Waals surface area contributed by atoms with Crippen LogP contribution in [0.15, 0.2) is 60.7 Å². The molecule has 4 rings (SSSR count). The number of hydrogen-bond donors (Lipinski definition) is 2. The second kappa shape index (κ2) is 9.80. The van der Waals surface area contributed by atoms with Crippen LogP contribution < -0.4 is 25.0 Å². The Morgan fingerprint density at radius 3 is 2.68 bits per heavy atom. The Morgan fingerprint density at radius 2 is 1.91 bits per heavy atom. The zero-order chi connectivity index (χ0) is 24.2. The van der Waals surface area contributed by atoms with Gasteiger partial charge in [0.1, 0.15) is 23.9 Å². The third kappa shape index (κ3) is 4.94. The first-order valence-corrected chi connectivity index (χ1v) is 10.5. The molecule has 10 heteroatoms. The van der Waals surface area contributed by atoms with Gasteiger partial charge >= 0.3 is 0 Å². The maximum atomic E-state index is 14.1. The molecule has 8 nitrogen and oxygen atoms in total. The van der Waals surface area contributed by atoms with Gasteiger partial charge in [-0.15, -0.1) is 0 Å². The second-order valence-corrected chi connectivity index (χ2v) is 7.71. The Labute approximate surface area is 199 Å². The van der Waals surface area contributed by atoms with Crippen molar-refractivity contribution in [3.8, 4) is 11.5 Å². The summed E-state index contributed by atoms with van der Waals surface area (Å²) in [5.74, 6) is -1.48. The van der Waals surface area contributed by atoms with Crippen molar-refractivity contribution in [2.24, 2.45) is 0 Å². The van der Waals surface area contributed by atoms with Crippen LogP contribution in [0.1, 0.15) is 10.4 Å². The lowest BCUT2D eigenvalue weighted by Gasteiger charge is -2.28. The van der Waals surface area contributed by atoms with Gasteiger partial charge in [0.2, 0.25) is 5.91 Å². The van der Waals surface area contributed by atoms with Crippen LogP contribution in [0.2, 0.25) is 5.02 Å². The minimum Gasteiger partial charge on any atom is -0.495 e. The largest absolute Gasteiger partial charge is 0.495 e. The second-order valence-electron chi connectivity index (χ2n) is 7.28. The summed E-state index contributed by atoms with van der Waals surface area (Å²) in [6.45, 7) is -0.396. The molecule has 0 aliphatic carbocycles. The summed E-state index contributed by atoms with van der Waals surface area (Å²) >= 11 is 5.74. The molecule has 1 heterocycles. The molecule has 3 aromatic rings. The first kappa shape index (κ1) is 23.1. The van der Waals surface area contributed by atoms with Crippen molar-refractivity contribution in [1.29, 1.82) is 0 Å². The molecule has 0 bridgehead atoms. The van der Waals surface area contributed by atoms with Crippen LogP contribution in [0.4, 0.5) is 21.5 Å². The van der Waals surface area contributed by atoms with E-state index in [9.17, 15) is 18.8 Å². The number of nitrogens with zero attached hydrogens (tertiary/aromatic N) is 1. The monoisotopic (exact) mass is 483 g/mol. The number of amides is 3. The van der Waals surface area contributed by atoms with Crippen molar-refractivity contribution in [2.75, 3.05) is 35.8 Å². The number of benzene rings is 3. The van der Waals surface area contributed by atoms with E-state index in [0.29, 0.717) is 22.9 Å². The van der Waals surface area contributed by atoms with Gasteiger partial charge in [-0.3, -0.25) is 19.3 Å². The van der Waals surface area contributed by atoms with Gasteiger partial charge in [0.15, 0.2) is 6.61 Å². The number of nitrogens with one attached hydrogen (secondary N) is 2. The normalized spacial score (nSPS) is 12.4. The minimum absolute atomic E-state index is 0.162. The molecular weight excluding hydrogens is 465 g/mol. The van der Waals surface area contributed by atoms with E-state index in [1.54, 1.807) is 36.4 Å². The van der Waals surface area contributed by atoms with Crippen LogP contribution in [0.3, 0.4) is 0 Å². The van der Waals surface area contributed by atoms with E-state index in [-0.39, 0.29) is 35.3 Å². The van der Waals surface area contributed by atoms with Crippen LogP contribution in [0.5, 0.6) is 11.5 Å². The van der Waals surface area contributed by atoms with Crippen LogP contribution in [0.25, 0.3) is 0 Å². The Morgan fingerprint density at radius 1 is 1.12 bits per heavy atom. The van der Waals surface area contributed by atoms with Crippen LogP contribution in [0, 0.1) is 5.82 Å². The molecule has 1 aliphatic heterocycles. The number of anilines is 3. The van der Waals surface area contributed by atoms with E-state index in [2.05, 4.69) is 10.6 Å². The highest BCUT2D eigenvalue weighted by Crippen LogP contribution is 2.32. The van der Waals surface area contributed by atoms with Gasteiger partial charge in [0.25, 0.3) is 11.8 Å². The molecule has 0 atom stereocenters. The number of ether oxygens (including phenoxy) is 2. The van der Waals surface area contributed by atoms with E-state index in [4.69, 9.17) is 21.1 Å². The first-order valence-electron chi connectivity index (χ1n) is 10.1. The molecule has 3 amide bonds. The standard InChI is InChI=1S/C24H19ClFN3O5/c1-33-20-9-7-15(11-18(20)28-24(32)16-8-6-14(25)10-17(16)26)27-22(30)12-29-19-4-2-3-5-21(19)34-13-23(29)31/h2-11H,12-13H2,1H3,(H,27,30)(H,28,32). The Hall–Kier alpha value is -4.11. The van der Waals surface area contributed by atoms with Gasteiger partial charge in [0.05, 0.1) is 24.0 Å². The van der Waals surface area contributed by atoms with Gasteiger partial charge in [-0.05, 0) is 48.5 Å². The number of rotatable bonds is 6. The lowest BCUT2D eigenvalue weighted by molar-refractivity contribution is -0.123. The third-order valence-electron chi connectivity index (χ3n) is 5.02. The summed E-state index contributed by atoms with van der Waals surface area (Å²) < 4.78 is 24.8. The fourth-order valence-corrected chi connectivity index (χ4v) is 3.58. The van der Waals surface area contributed by atoms with Crippen molar-refractivity contribution >= 4 is 46.4 Å². The Balaban J connectivity index is 1.50. The van der Waals surface area contributed by atoms with Gasteiger partial charge in [0, 0.05) is 10.7 Å². The predicted octanol–water partition coefficient (Wildman–Crippen LogP) is 4.10. The molecule has 0 spiro atoms. The van der Waals surface area contributed by atoms with E-state index >= 15 is 0 Å². The molecule has 0 unspecified atom stereocenters. The number of hydrogen-bond acceptors (Lipinski definition) is 5. The molecule has 0 saturated carbocycles. The van der Waals surface area contributed by atoms with Gasteiger partial charge < -0.3 is 20.1 Å². The highest BCUT2D eigenvalue weighted by Gasteiger charge is 2.27. The number of halogens is 2. The van der Waals surface area contributed by atoms with E-state index in [0.717, 1.165) is 6.07 Å². The quantitative estimate of drug-likeness (QED) is 0.550. The van der Waals surface area contributed by atoms with E-state index in [1.807, 2.05) is 0 Å². The van der Waals surface area contributed by atoms with Gasteiger partial charge in [-0.2, -0.15) is 0 Å². The fraction of sp³-hybridized carbons (Fsp3) is 0.125. The summed E-state index contributed by atoms with van der Waals surface area (Å²) in [7, 11) is 1.41. The lowest BCUT2D eigenvalue weighted by atomic mass is 10.2. The molecule has 0 fully saturated rings. The number of carbonyl (C=O) groups is 3. The average Bonchev–Trinajstić information content (AvgIpc) is 2.81. The van der Waals surface area contributed by atoms with Gasteiger partial charge in [-0.25, -0.2) is 4.39 Å². The molecule has 34 heavy (non-hydrogen) atoms. The number of methoxy groups -OCH3 is 1. The smallest absolute Gasteiger partial charge is 0.265 e.